The van der Waals surface area contributed by atoms with Gasteiger partial charge in [0.15, 0.2) is 0 Å². The van der Waals surface area contributed by atoms with Crippen molar-refractivity contribution in [1.29, 1.82) is 0 Å². The van der Waals surface area contributed by atoms with Crippen LogP contribution < -0.4 is 5.32 Å². The van der Waals surface area contributed by atoms with Gasteiger partial charge in [0.25, 0.3) is 0 Å². The van der Waals surface area contributed by atoms with E-state index in [-0.39, 0.29) is 6.61 Å². The van der Waals surface area contributed by atoms with Gasteiger partial charge < -0.3 is 20.6 Å². The Hall–Kier alpha value is -1.43. The Labute approximate surface area is 311 Å². The lowest BCUT2D eigenvalue weighted by atomic mass is 10.0. The zero-order valence-corrected chi connectivity index (χ0v) is 33.3. The first kappa shape index (κ1) is 48.6. The monoisotopic (exact) mass is 704 g/mol. The van der Waals surface area contributed by atoms with Gasteiger partial charge in [0, 0.05) is 0 Å². The lowest BCUT2D eigenvalue weighted by Gasteiger charge is -2.21. The summed E-state index contributed by atoms with van der Waals surface area (Å²) in [6, 6.07) is -0.818. The molecule has 0 saturated heterocycles. The van der Waals surface area contributed by atoms with E-state index >= 15 is 0 Å². The Balaban J connectivity index is 3.75. The van der Waals surface area contributed by atoms with E-state index in [1.165, 1.54) is 154 Å². The predicted octanol–water partition coefficient (Wildman–Crippen LogP) is 12.4. The van der Waals surface area contributed by atoms with E-state index < -0.39 is 24.2 Å². The third-order valence-corrected chi connectivity index (χ3v) is 9.96. The number of hydrogen-bond donors (Lipinski definition) is 4. The van der Waals surface area contributed by atoms with Crippen molar-refractivity contribution in [2.24, 2.45) is 0 Å². The molecule has 0 aromatic heterocycles. The summed E-state index contributed by atoms with van der Waals surface area (Å²) in [4.78, 5) is 12.4. The van der Waals surface area contributed by atoms with Crippen LogP contribution in [0.1, 0.15) is 219 Å². The maximum absolute atomic E-state index is 12.4. The van der Waals surface area contributed by atoms with E-state index in [1.807, 2.05) is 6.08 Å². The molecule has 3 atom stereocenters. The third kappa shape index (κ3) is 35.0. The molecule has 4 N–H and O–H groups in total. The van der Waals surface area contributed by atoms with Crippen LogP contribution >= 0.6 is 0 Å². The molecule has 5 nitrogen and oxygen atoms in total. The largest absolute Gasteiger partial charge is 0.394 e. The summed E-state index contributed by atoms with van der Waals surface area (Å²) in [6.07, 6.45) is 50.3. The fraction of sp³-hybridized carbons (Fsp3) is 0.844. The van der Waals surface area contributed by atoms with Crippen molar-refractivity contribution >= 4 is 5.91 Å². The van der Waals surface area contributed by atoms with Gasteiger partial charge in [-0.25, -0.2) is 0 Å². The number of carbonyl (C=O) groups excluding carboxylic acids is 1. The predicted molar refractivity (Wildman–Crippen MR) is 218 cm³/mol. The quantitative estimate of drug-likeness (QED) is 0.0379. The summed E-state index contributed by atoms with van der Waals surface area (Å²) >= 11 is 0. The Kier molecular flexibility index (Phi) is 39.2. The van der Waals surface area contributed by atoms with Crippen molar-refractivity contribution in [2.45, 2.75) is 238 Å². The van der Waals surface area contributed by atoms with E-state index in [4.69, 9.17) is 0 Å². The molecule has 0 spiro atoms. The van der Waals surface area contributed by atoms with E-state index in [9.17, 15) is 20.1 Å². The van der Waals surface area contributed by atoms with Gasteiger partial charge in [-0.1, -0.05) is 211 Å². The Morgan fingerprint density at radius 1 is 0.480 bits per heavy atom. The Bertz CT molecular complexity index is 779. The number of nitrogens with one attached hydrogen (secondary N) is 1. The summed E-state index contributed by atoms with van der Waals surface area (Å²) in [5, 5.41) is 33.1. The third-order valence-electron chi connectivity index (χ3n) is 9.96. The van der Waals surface area contributed by atoms with Crippen molar-refractivity contribution in [3.8, 4) is 0 Å². The first-order valence-electron chi connectivity index (χ1n) is 21.8. The maximum Gasteiger partial charge on any atom is 0.249 e. The molecule has 0 fully saturated rings. The van der Waals surface area contributed by atoms with Crippen LogP contribution in [0.2, 0.25) is 0 Å². The summed E-state index contributed by atoms with van der Waals surface area (Å²) in [5.74, 6) is -0.516. The standard InChI is InChI=1S/C45H85NO4/c1-3-5-7-9-11-13-15-17-19-20-21-22-23-24-26-27-29-31-33-35-37-39-43(48)42(41-47)46-45(50)44(49)40-38-36-34-32-30-28-25-18-16-14-12-10-8-6-4-2/h23-24,29,31,37,39,42-44,47-49H,3-22,25-28,30,32-36,38,40-41H2,1-2H3,(H,46,50)/b24-23+,31-29+,39-37+. The molecule has 3 unspecified atom stereocenters. The minimum absolute atomic E-state index is 0.379. The fourth-order valence-electron chi connectivity index (χ4n) is 6.51. The number of unbranched alkanes of at least 4 members (excludes halogenated alkanes) is 27. The molecule has 0 aliphatic carbocycles. The number of carbonyl (C=O) groups is 1. The van der Waals surface area contributed by atoms with Crippen LogP contribution in [-0.2, 0) is 4.79 Å². The molecule has 5 heteroatoms. The highest BCUT2D eigenvalue weighted by molar-refractivity contribution is 5.80. The topological polar surface area (TPSA) is 89.8 Å². The highest BCUT2D eigenvalue weighted by Crippen LogP contribution is 2.15. The van der Waals surface area contributed by atoms with Gasteiger partial charge in [0.2, 0.25) is 5.91 Å². The van der Waals surface area contributed by atoms with E-state index in [0.29, 0.717) is 6.42 Å². The van der Waals surface area contributed by atoms with Crippen LogP contribution in [0, 0.1) is 0 Å². The lowest BCUT2D eigenvalue weighted by molar-refractivity contribution is -0.131. The normalized spacial score (nSPS) is 13.9. The molecule has 0 heterocycles. The van der Waals surface area contributed by atoms with E-state index in [2.05, 4.69) is 43.5 Å². The molecule has 0 aliphatic heterocycles. The van der Waals surface area contributed by atoms with Gasteiger partial charge in [-0.2, -0.15) is 0 Å². The molecule has 0 aromatic rings. The van der Waals surface area contributed by atoms with Crippen LogP contribution in [-0.4, -0.2) is 46.1 Å². The summed E-state index contributed by atoms with van der Waals surface area (Å²) in [6.45, 7) is 4.17. The first-order valence-corrected chi connectivity index (χ1v) is 21.8. The van der Waals surface area contributed by atoms with Crippen molar-refractivity contribution < 1.29 is 20.1 Å². The van der Waals surface area contributed by atoms with Gasteiger partial charge in [-0.15, -0.1) is 0 Å². The SMILES string of the molecule is CCCCCCCCCCCCC/C=C/CC/C=C/CC/C=C/C(O)C(CO)NC(=O)C(O)CCCCCCCCCCCCCCCCC. The van der Waals surface area contributed by atoms with Crippen LogP contribution in [0.4, 0.5) is 0 Å². The van der Waals surface area contributed by atoms with Gasteiger partial charge in [0.05, 0.1) is 18.8 Å². The van der Waals surface area contributed by atoms with E-state index in [1.54, 1.807) is 6.08 Å². The lowest BCUT2D eigenvalue weighted by Crippen LogP contribution is -2.48. The Morgan fingerprint density at radius 3 is 1.22 bits per heavy atom. The zero-order valence-electron chi connectivity index (χ0n) is 33.3. The minimum Gasteiger partial charge on any atom is -0.394 e. The highest BCUT2D eigenvalue weighted by atomic mass is 16.3. The summed E-state index contributed by atoms with van der Waals surface area (Å²) in [5.41, 5.74) is 0. The number of aliphatic hydroxyl groups excluding tert-OH is 3. The molecule has 0 saturated carbocycles. The molecular formula is C45H85NO4. The fourth-order valence-corrected chi connectivity index (χ4v) is 6.51. The van der Waals surface area contributed by atoms with Crippen LogP contribution in [0.5, 0.6) is 0 Å². The van der Waals surface area contributed by atoms with Gasteiger partial charge in [0.1, 0.15) is 6.10 Å². The molecular weight excluding hydrogens is 618 g/mol. The van der Waals surface area contributed by atoms with Crippen molar-refractivity contribution in [3.05, 3.63) is 36.5 Å². The maximum atomic E-state index is 12.4. The zero-order chi connectivity index (χ0) is 36.6. The smallest absolute Gasteiger partial charge is 0.249 e. The number of hydrogen-bond acceptors (Lipinski definition) is 4. The minimum atomic E-state index is -1.10. The second-order valence-electron chi connectivity index (χ2n) is 14.9. The number of amides is 1. The molecule has 50 heavy (non-hydrogen) atoms. The number of aliphatic hydroxyl groups is 3. The average Bonchev–Trinajstić information content (AvgIpc) is 3.12. The number of allylic oxidation sites excluding steroid dienone is 5. The van der Waals surface area contributed by atoms with Gasteiger partial charge >= 0.3 is 0 Å². The van der Waals surface area contributed by atoms with E-state index in [0.717, 1.165) is 44.9 Å². The Morgan fingerprint density at radius 2 is 0.820 bits per heavy atom. The summed E-state index contributed by atoms with van der Waals surface area (Å²) < 4.78 is 0. The number of rotatable bonds is 39. The van der Waals surface area contributed by atoms with Gasteiger partial charge in [-0.3, -0.25) is 4.79 Å². The van der Waals surface area contributed by atoms with Crippen LogP contribution in [0.15, 0.2) is 36.5 Å². The highest BCUT2D eigenvalue weighted by Gasteiger charge is 2.22. The molecule has 0 aliphatic rings. The molecule has 0 radical (unpaired) electrons. The van der Waals surface area contributed by atoms with Crippen LogP contribution in [0.3, 0.4) is 0 Å². The van der Waals surface area contributed by atoms with Crippen molar-refractivity contribution in [3.63, 3.8) is 0 Å². The van der Waals surface area contributed by atoms with Crippen LogP contribution in [0.25, 0.3) is 0 Å². The summed E-state index contributed by atoms with van der Waals surface area (Å²) in [7, 11) is 0. The molecule has 0 bridgehead atoms. The van der Waals surface area contributed by atoms with Crippen molar-refractivity contribution in [1.82, 2.24) is 5.32 Å². The first-order chi connectivity index (χ1) is 24.6. The second kappa shape index (κ2) is 40.3. The second-order valence-corrected chi connectivity index (χ2v) is 14.9. The molecule has 0 rings (SSSR count). The van der Waals surface area contributed by atoms with Gasteiger partial charge in [-0.05, 0) is 44.9 Å². The molecule has 294 valence electrons. The average molecular weight is 704 g/mol. The molecule has 0 aromatic carbocycles. The molecule has 1 amide bonds. The van der Waals surface area contributed by atoms with Crippen molar-refractivity contribution in [2.75, 3.05) is 6.61 Å².